The third kappa shape index (κ3) is 5.00. The summed E-state index contributed by atoms with van der Waals surface area (Å²) >= 11 is 5.07. The number of piperazine rings is 1. The van der Waals surface area contributed by atoms with Gasteiger partial charge in [-0.1, -0.05) is 17.3 Å². The predicted molar refractivity (Wildman–Crippen MR) is 113 cm³/mol. The van der Waals surface area contributed by atoms with Crippen LogP contribution in [0.25, 0.3) is 10.7 Å². The van der Waals surface area contributed by atoms with Gasteiger partial charge in [-0.3, -0.25) is 9.80 Å². The first-order chi connectivity index (χ1) is 13.7. The van der Waals surface area contributed by atoms with Crippen LogP contribution in [0.5, 0.6) is 5.75 Å². The fraction of sp³-hybridized carbons (Fsp3) is 0.400. The standard InChI is InChI=1S/C20H23BrN4O2S/c1-2-26-17-5-3-15(4-6-17)12-24-7-9-25(10-8-24)13-19-22-20(23-27-19)18-11-16(21)14-28-18/h3-6,11,14H,2,7-10,12-13H2,1H3. The van der Waals surface area contributed by atoms with E-state index in [2.05, 4.69) is 48.0 Å². The molecule has 0 saturated carbocycles. The minimum Gasteiger partial charge on any atom is -0.494 e. The number of rotatable bonds is 7. The molecule has 2 aromatic heterocycles. The third-order valence-electron chi connectivity index (χ3n) is 4.72. The maximum atomic E-state index is 5.51. The zero-order chi connectivity index (χ0) is 19.3. The lowest BCUT2D eigenvalue weighted by Gasteiger charge is -2.33. The van der Waals surface area contributed by atoms with Crippen LogP contribution in [0.15, 0.2) is 44.7 Å². The summed E-state index contributed by atoms with van der Waals surface area (Å²) in [6.07, 6.45) is 0. The Morgan fingerprint density at radius 3 is 2.46 bits per heavy atom. The molecule has 148 valence electrons. The summed E-state index contributed by atoms with van der Waals surface area (Å²) in [6, 6.07) is 10.4. The smallest absolute Gasteiger partial charge is 0.241 e. The van der Waals surface area contributed by atoms with Gasteiger partial charge in [-0.2, -0.15) is 4.98 Å². The van der Waals surface area contributed by atoms with Gasteiger partial charge in [0.05, 0.1) is 18.0 Å². The van der Waals surface area contributed by atoms with Gasteiger partial charge in [0.15, 0.2) is 0 Å². The molecule has 0 N–H and O–H groups in total. The topological polar surface area (TPSA) is 54.6 Å². The van der Waals surface area contributed by atoms with Crippen molar-refractivity contribution < 1.29 is 9.26 Å². The fourth-order valence-electron chi connectivity index (χ4n) is 3.26. The number of benzene rings is 1. The Bertz CT molecular complexity index is 888. The highest BCUT2D eigenvalue weighted by molar-refractivity contribution is 9.10. The SMILES string of the molecule is CCOc1ccc(CN2CCN(Cc3nc(-c4cc(Br)cs4)no3)CC2)cc1. The van der Waals surface area contributed by atoms with E-state index in [1.165, 1.54) is 5.56 Å². The van der Waals surface area contributed by atoms with Crippen molar-refractivity contribution in [2.75, 3.05) is 32.8 Å². The van der Waals surface area contributed by atoms with Crippen LogP contribution in [0.3, 0.4) is 0 Å². The maximum Gasteiger partial charge on any atom is 0.241 e. The van der Waals surface area contributed by atoms with E-state index in [1.54, 1.807) is 11.3 Å². The molecule has 1 fully saturated rings. The normalized spacial score (nSPS) is 15.8. The molecular formula is C20H23BrN4O2S. The van der Waals surface area contributed by atoms with Crippen molar-refractivity contribution in [3.05, 3.63) is 51.6 Å². The summed E-state index contributed by atoms with van der Waals surface area (Å²) in [5.41, 5.74) is 1.32. The summed E-state index contributed by atoms with van der Waals surface area (Å²) in [4.78, 5) is 10.4. The van der Waals surface area contributed by atoms with E-state index in [1.807, 2.05) is 30.5 Å². The van der Waals surface area contributed by atoms with E-state index in [9.17, 15) is 0 Å². The van der Waals surface area contributed by atoms with Crippen LogP contribution < -0.4 is 4.74 Å². The van der Waals surface area contributed by atoms with Crippen molar-refractivity contribution in [3.8, 4) is 16.5 Å². The van der Waals surface area contributed by atoms with Crippen LogP contribution in [0.2, 0.25) is 0 Å². The monoisotopic (exact) mass is 462 g/mol. The Kier molecular flexibility index (Phi) is 6.41. The molecule has 0 atom stereocenters. The summed E-state index contributed by atoms with van der Waals surface area (Å²) in [5.74, 6) is 2.28. The van der Waals surface area contributed by atoms with Crippen LogP contribution in [0.1, 0.15) is 18.4 Å². The molecule has 28 heavy (non-hydrogen) atoms. The van der Waals surface area contributed by atoms with E-state index in [0.29, 0.717) is 24.9 Å². The highest BCUT2D eigenvalue weighted by atomic mass is 79.9. The van der Waals surface area contributed by atoms with Crippen LogP contribution in [-0.2, 0) is 13.1 Å². The van der Waals surface area contributed by atoms with Crippen molar-refractivity contribution in [1.82, 2.24) is 19.9 Å². The summed E-state index contributed by atoms with van der Waals surface area (Å²) < 4.78 is 12.0. The Morgan fingerprint density at radius 2 is 1.82 bits per heavy atom. The highest BCUT2D eigenvalue weighted by Crippen LogP contribution is 2.27. The van der Waals surface area contributed by atoms with E-state index >= 15 is 0 Å². The second kappa shape index (κ2) is 9.17. The van der Waals surface area contributed by atoms with Crippen molar-refractivity contribution in [2.45, 2.75) is 20.0 Å². The molecule has 0 unspecified atom stereocenters. The second-order valence-electron chi connectivity index (χ2n) is 6.77. The van der Waals surface area contributed by atoms with Crippen LogP contribution in [-0.4, -0.2) is 52.7 Å². The minimum absolute atomic E-state index is 0.667. The molecule has 0 radical (unpaired) electrons. The van der Waals surface area contributed by atoms with Gasteiger partial charge in [-0.05, 0) is 46.6 Å². The molecule has 3 aromatic rings. The van der Waals surface area contributed by atoms with E-state index in [-0.39, 0.29) is 0 Å². The van der Waals surface area contributed by atoms with Crippen LogP contribution in [0.4, 0.5) is 0 Å². The molecule has 0 aliphatic carbocycles. The molecule has 0 amide bonds. The molecule has 4 rings (SSSR count). The molecule has 0 spiro atoms. The zero-order valence-electron chi connectivity index (χ0n) is 15.8. The number of ether oxygens (including phenoxy) is 1. The molecule has 1 aliphatic rings. The maximum absolute atomic E-state index is 5.51. The lowest BCUT2D eigenvalue weighted by Crippen LogP contribution is -2.45. The van der Waals surface area contributed by atoms with Gasteiger partial charge in [0.25, 0.3) is 0 Å². The number of nitrogens with zero attached hydrogens (tertiary/aromatic N) is 4. The Labute approximate surface area is 177 Å². The summed E-state index contributed by atoms with van der Waals surface area (Å²) in [7, 11) is 0. The molecule has 8 heteroatoms. The molecule has 3 heterocycles. The van der Waals surface area contributed by atoms with Crippen molar-refractivity contribution >= 4 is 27.3 Å². The van der Waals surface area contributed by atoms with Crippen LogP contribution in [0, 0.1) is 0 Å². The Morgan fingerprint density at radius 1 is 1.11 bits per heavy atom. The Hall–Kier alpha value is -1.74. The molecule has 1 aliphatic heterocycles. The molecule has 0 bridgehead atoms. The van der Waals surface area contributed by atoms with Crippen molar-refractivity contribution in [2.24, 2.45) is 0 Å². The molecule has 1 saturated heterocycles. The number of hydrogen-bond acceptors (Lipinski definition) is 7. The first kappa shape index (κ1) is 19.6. The quantitative estimate of drug-likeness (QED) is 0.522. The third-order valence-corrected chi connectivity index (χ3v) is 6.41. The van der Waals surface area contributed by atoms with Gasteiger partial charge in [-0.25, -0.2) is 0 Å². The van der Waals surface area contributed by atoms with Gasteiger partial charge < -0.3 is 9.26 Å². The Balaban J connectivity index is 1.26. The van der Waals surface area contributed by atoms with Gasteiger partial charge in [0.2, 0.25) is 11.7 Å². The average Bonchev–Trinajstić information content (AvgIpc) is 3.34. The van der Waals surface area contributed by atoms with Gasteiger partial charge in [-0.15, -0.1) is 11.3 Å². The second-order valence-corrected chi connectivity index (χ2v) is 8.60. The molecule has 6 nitrogen and oxygen atoms in total. The number of hydrogen-bond donors (Lipinski definition) is 0. The fourth-order valence-corrected chi connectivity index (χ4v) is 4.61. The number of halogens is 1. The van der Waals surface area contributed by atoms with Gasteiger partial charge >= 0.3 is 0 Å². The lowest BCUT2D eigenvalue weighted by atomic mass is 10.2. The highest BCUT2D eigenvalue weighted by Gasteiger charge is 2.20. The molecule has 1 aromatic carbocycles. The van der Waals surface area contributed by atoms with Crippen molar-refractivity contribution in [1.29, 1.82) is 0 Å². The number of aromatic nitrogens is 2. The largest absolute Gasteiger partial charge is 0.494 e. The summed E-state index contributed by atoms with van der Waals surface area (Å²) in [6.45, 7) is 8.45. The van der Waals surface area contributed by atoms with Crippen LogP contribution >= 0.6 is 27.3 Å². The van der Waals surface area contributed by atoms with Crippen molar-refractivity contribution in [3.63, 3.8) is 0 Å². The van der Waals surface area contributed by atoms with E-state index in [0.717, 1.165) is 47.8 Å². The van der Waals surface area contributed by atoms with Gasteiger partial charge in [0, 0.05) is 42.6 Å². The zero-order valence-corrected chi connectivity index (χ0v) is 18.2. The van der Waals surface area contributed by atoms with E-state index in [4.69, 9.17) is 9.26 Å². The summed E-state index contributed by atoms with van der Waals surface area (Å²) in [5, 5.41) is 6.14. The molecular weight excluding hydrogens is 440 g/mol. The number of thiophene rings is 1. The first-order valence-corrected chi connectivity index (χ1v) is 11.1. The van der Waals surface area contributed by atoms with Gasteiger partial charge in [0.1, 0.15) is 5.75 Å². The average molecular weight is 463 g/mol. The van der Waals surface area contributed by atoms with E-state index < -0.39 is 0 Å². The lowest BCUT2D eigenvalue weighted by molar-refractivity contribution is 0.112. The predicted octanol–water partition coefficient (Wildman–Crippen LogP) is 4.28. The first-order valence-electron chi connectivity index (χ1n) is 9.43. The minimum atomic E-state index is 0.667.